The number of carbonyl (C=O) groups is 3. The van der Waals surface area contributed by atoms with E-state index in [9.17, 15) is 27.4 Å². The molecule has 0 radical (unpaired) electrons. The molecule has 0 saturated carbocycles. The quantitative estimate of drug-likeness (QED) is 0.0223. The van der Waals surface area contributed by atoms with Crippen LogP contribution in [-0.4, -0.2) is 63.0 Å². The van der Waals surface area contributed by atoms with Crippen molar-refractivity contribution in [2.45, 2.75) is 106 Å². The van der Waals surface area contributed by atoms with Crippen LogP contribution < -0.4 is 28.7 Å². The van der Waals surface area contributed by atoms with Crippen LogP contribution in [0.5, 0.6) is 0 Å². The summed E-state index contributed by atoms with van der Waals surface area (Å²) in [5, 5.41) is 0.630. The molecule has 0 unspecified atom stereocenters. The molecule has 6 aromatic rings. The summed E-state index contributed by atoms with van der Waals surface area (Å²) >= 11 is 11.1. The predicted molar refractivity (Wildman–Crippen MR) is 328 cm³/mol. The smallest absolute Gasteiger partial charge is 0.748 e. The molecule has 3 aliphatic heterocycles. The number of nitrogens with zero attached hydrogens (tertiary/aromatic N) is 3. The van der Waals surface area contributed by atoms with Gasteiger partial charge in [-0.2, -0.15) is 0 Å². The third kappa shape index (κ3) is 17.2. The van der Waals surface area contributed by atoms with Crippen molar-refractivity contribution in [2.75, 3.05) is 32.8 Å². The Balaban J connectivity index is 0.000000335. The fourth-order valence-electron chi connectivity index (χ4n) is 9.22. The van der Waals surface area contributed by atoms with E-state index in [0.29, 0.717) is 23.7 Å². The Morgan fingerprint density at radius 1 is 0.590 bits per heavy atom. The van der Waals surface area contributed by atoms with Gasteiger partial charge in [-0.25, -0.2) is 13.2 Å². The topological polar surface area (TPSA) is 127 Å². The third-order valence-electron chi connectivity index (χ3n) is 12.8. The summed E-state index contributed by atoms with van der Waals surface area (Å²) in [6, 6.07) is 55.1. The molecule has 0 N–H and O–H groups in total. The van der Waals surface area contributed by atoms with E-state index in [1.807, 2.05) is 66.0 Å². The number of rotatable bonds is 21. The number of benzene rings is 6. The van der Waals surface area contributed by atoms with Crippen molar-refractivity contribution >= 4 is 108 Å². The van der Waals surface area contributed by atoms with Crippen molar-refractivity contribution in [2.24, 2.45) is 0 Å². The Labute approximate surface area is 494 Å². The summed E-state index contributed by atoms with van der Waals surface area (Å²) < 4.78 is 34.8. The van der Waals surface area contributed by atoms with Gasteiger partial charge in [0.05, 0.1) is 20.2 Å². The van der Waals surface area contributed by atoms with Gasteiger partial charge in [0.1, 0.15) is 0 Å². The molecule has 1 saturated heterocycles. The zero-order valence-corrected chi connectivity index (χ0v) is 46.5. The van der Waals surface area contributed by atoms with E-state index < -0.39 is 27.9 Å². The first-order valence-electron chi connectivity index (χ1n) is 25.2. The number of unbranched alkanes of at least 4 members (excludes halogenated alkanes) is 3. The maximum absolute atomic E-state index is 12.2. The molecule has 16 heteroatoms. The molecule has 0 bridgehead atoms. The van der Waals surface area contributed by atoms with Gasteiger partial charge < -0.3 is 19.2 Å². The number of thiocarbonyl (C=S) groups is 1. The molecule has 0 atom stereocenters. The summed E-state index contributed by atoms with van der Waals surface area (Å²) in [6.45, 7) is 3.78. The maximum atomic E-state index is 12.2. The van der Waals surface area contributed by atoms with E-state index in [4.69, 9.17) is 17.1 Å². The number of carbonyl (C=O) groups excluding carboxylic acids is 3. The van der Waals surface area contributed by atoms with E-state index in [1.165, 1.54) is 55.2 Å². The molecule has 1 fully saturated rings. The van der Waals surface area contributed by atoms with Gasteiger partial charge in [-0.05, 0) is 89.5 Å². The fraction of sp³-hybridized carbons (Fsp3) is 0.323. The van der Waals surface area contributed by atoms with Crippen LogP contribution in [0.15, 0.2) is 162 Å². The van der Waals surface area contributed by atoms with Crippen LogP contribution in [-0.2, 0) is 42.4 Å². The monoisotopic (exact) mass is 1140 g/mol. The van der Waals surface area contributed by atoms with Gasteiger partial charge in [-0.15, -0.1) is 40.3 Å². The van der Waals surface area contributed by atoms with Crippen LogP contribution in [0.4, 0.5) is 22.7 Å². The van der Waals surface area contributed by atoms with E-state index in [0.717, 1.165) is 77.0 Å². The van der Waals surface area contributed by atoms with Crippen molar-refractivity contribution in [3.05, 3.63) is 195 Å². The summed E-state index contributed by atoms with van der Waals surface area (Å²) in [5.41, 5.74) is 13.3. The summed E-state index contributed by atoms with van der Waals surface area (Å²) in [4.78, 5) is 45.3. The standard InChI is InChI=1S/C35H38N2O4S2.C24H23NO3S3.3CH4.Li/c1-2-3-23-42-35(43-24-13-5-8-20-33(40)41-37-31(38)21-22-32(37)39)34-27-16-9-11-18-29(27)36(25-26-14-6-4-7-15-26)30-19-12-10-17-28(30)34;26-31(27,28)16-8-15-30-24(29)23-19-11-4-6-13-21(19)25(17-18-9-2-1-3-10-18)22-14-7-5-12-20(22)23;;;;/h4,6-7,9-12,14-19H,2-3,5,8,13,20-25H2,1H3;1-7,9-14,23H,8,15-17H2,(H,26,27,28);3*1H4;/q;;;;;+1/p-1. The Morgan fingerprint density at radius 3 is 1.53 bits per heavy atom. The number of hydrogen-bond acceptors (Lipinski definition) is 13. The number of anilines is 4. The van der Waals surface area contributed by atoms with E-state index >= 15 is 0 Å². The van der Waals surface area contributed by atoms with Gasteiger partial charge in [-0.3, -0.25) is 9.59 Å². The SMILES string of the molecule is C.C.C.CCCCSC(SCCCCCC(=O)ON1C(=O)CCC1=O)=C1c2ccccc2N(Cc2ccccc2)c2ccccc21.O=S(=O)([O-])CCCSC(=S)C1c2ccccc2N(Cc2ccccc2)c2ccccc21.[Li+]. The number of imide groups is 1. The van der Waals surface area contributed by atoms with Crippen LogP contribution in [0.25, 0.3) is 5.57 Å². The second-order valence-electron chi connectivity index (χ2n) is 18.1. The minimum Gasteiger partial charge on any atom is -0.748 e. The molecule has 78 heavy (non-hydrogen) atoms. The van der Waals surface area contributed by atoms with Crippen LogP contribution in [0.3, 0.4) is 0 Å². The van der Waals surface area contributed by atoms with Crippen LogP contribution in [0.2, 0.25) is 0 Å². The maximum Gasteiger partial charge on any atom is 1.00 e. The summed E-state index contributed by atoms with van der Waals surface area (Å²) in [7, 11) is -4.19. The Hall–Kier alpha value is -5.08. The van der Waals surface area contributed by atoms with Crippen molar-refractivity contribution in [3.8, 4) is 0 Å². The molecule has 0 aromatic heterocycles. The Kier molecular flexibility index (Phi) is 27.0. The zero-order valence-electron chi connectivity index (χ0n) is 42.4. The molecular weight excluding hydrogens is 1070 g/mol. The van der Waals surface area contributed by atoms with E-state index in [-0.39, 0.29) is 72.1 Å². The van der Waals surface area contributed by atoms with Crippen molar-refractivity contribution in [1.82, 2.24) is 5.06 Å². The van der Waals surface area contributed by atoms with Gasteiger partial charge in [0.25, 0.3) is 11.8 Å². The molecule has 2 amide bonds. The van der Waals surface area contributed by atoms with Crippen LogP contribution in [0.1, 0.15) is 126 Å². The second kappa shape index (κ2) is 32.2. The zero-order chi connectivity index (χ0) is 51.9. The number of hydrogen-bond donors (Lipinski definition) is 0. The number of para-hydroxylation sites is 4. The first-order valence-corrected chi connectivity index (χ1v) is 30.1. The van der Waals surface area contributed by atoms with Crippen molar-refractivity contribution in [3.63, 3.8) is 0 Å². The molecule has 3 heterocycles. The second-order valence-corrected chi connectivity index (χ2v) is 23.9. The van der Waals surface area contributed by atoms with Gasteiger partial charge in [0.2, 0.25) is 0 Å². The normalized spacial score (nSPS) is 13.2. The Bertz CT molecular complexity index is 2960. The van der Waals surface area contributed by atoms with E-state index in [2.05, 4.69) is 132 Å². The molecule has 3 aliphatic rings. The molecule has 9 rings (SSSR count). The number of hydroxylamine groups is 2. The van der Waals surface area contributed by atoms with Crippen LogP contribution >= 0.6 is 47.5 Å². The van der Waals surface area contributed by atoms with Crippen molar-refractivity contribution in [1.29, 1.82) is 0 Å². The third-order valence-corrected chi connectivity index (χ3v) is 17.8. The fourth-order valence-corrected chi connectivity index (χ4v) is 14.0. The van der Waals surface area contributed by atoms with Gasteiger partial charge in [-0.1, -0.05) is 188 Å². The largest absolute Gasteiger partial charge is 1.00 e. The first kappa shape index (κ1) is 65.4. The minimum atomic E-state index is -4.19. The molecule has 6 aromatic carbocycles. The molecule has 0 spiro atoms. The molecule has 408 valence electrons. The summed E-state index contributed by atoms with van der Waals surface area (Å²) in [5.74, 6) is 0.692. The van der Waals surface area contributed by atoms with E-state index in [1.54, 1.807) is 0 Å². The average Bonchev–Trinajstić information content (AvgIpc) is 3.88. The summed E-state index contributed by atoms with van der Waals surface area (Å²) in [6.07, 6.45) is 5.50. The molecular formula is C62H72LiN3O7S5. The number of fused-ring (bicyclic) bond motifs is 4. The first-order chi connectivity index (χ1) is 36.0. The minimum absolute atomic E-state index is 0. The predicted octanol–water partition coefficient (Wildman–Crippen LogP) is 12.9. The van der Waals surface area contributed by atoms with Gasteiger partial charge in [0.15, 0.2) is 0 Å². The Morgan fingerprint density at radius 2 is 1.03 bits per heavy atom. The van der Waals surface area contributed by atoms with Crippen molar-refractivity contribution < 1.29 is 51.1 Å². The van der Waals surface area contributed by atoms with Crippen LogP contribution in [0, 0.1) is 0 Å². The average molecular weight is 1140 g/mol. The van der Waals surface area contributed by atoms with Gasteiger partial charge in [0, 0.05) is 81.8 Å². The number of thioether (sulfide) groups is 3. The molecule has 10 nitrogen and oxygen atoms in total. The number of amides is 2. The molecule has 0 aliphatic carbocycles. The van der Waals surface area contributed by atoms with Gasteiger partial charge >= 0.3 is 24.8 Å².